The van der Waals surface area contributed by atoms with E-state index in [0.717, 1.165) is 5.56 Å². The molecular formula is C19H26N2O4. The second-order valence-corrected chi connectivity index (χ2v) is 7.87. The number of hydrogen-bond donors (Lipinski definition) is 3. The normalized spacial score (nSPS) is 18.9. The van der Waals surface area contributed by atoms with E-state index in [9.17, 15) is 14.4 Å². The standard InChI is InChI=1S/C19H26N2O4/c1-17(2)18(3,4)19(17,5)16(25)21-13-8-6-12(7-9-13)10-14(22)20-11-15(23)24/h6-9H,10-11H2,1-5H3,(H,20,22)(H,21,25)(H,23,24). The van der Waals surface area contributed by atoms with Crippen molar-refractivity contribution in [1.29, 1.82) is 0 Å². The third-order valence-electron chi connectivity index (χ3n) is 6.47. The lowest BCUT2D eigenvalue weighted by Gasteiger charge is -2.16. The zero-order valence-corrected chi connectivity index (χ0v) is 15.4. The maximum absolute atomic E-state index is 12.7. The third-order valence-corrected chi connectivity index (χ3v) is 6.47. The summed E-state index contributed by atoms with van der Waals surface area (Å²) < 4.78 is 0. The molecule has 136 valence electrons. The van der Waals surface area contributed by atoms with E-state index in [1.54, 1.807) is 24.3 Å². The molecule has 0 spiro atoms. The topological polar surface area (TPSA) is 95.5 Å². The highest BCUT2D eigenvalue weighted by Crippen LogP contribution is 2.77. The van der Waals surface area contributed by atoms with Crippen LogP contribution in [0.15, 0.2) is 24.3 Å². The second-order valence-electron chi connectivity index (χ2n) is 7.87. The summed E-state index contributed by atoms with van der Waals surface area (Å²) in [4.78, 5) is 34.8. The van der Waals surface area contributed by atoms with Crippen LogP contribution in [0.2, 0.25) is 0 Å². The van der Waals surface area contributed by atoms with E-state index < -0.39 is 17.9 Å². The monoisotopic (exact) mass is 346 g/mol. The second kappa shape index (κ2) is 6.17. The van der Waals surface area contributed by atoms with Gasteiger partial charge in [0.15, 0.2) is 0 Å². The summed E-state index contributed by atoms with van der Waals surface area (Å²) in [5, 5.41) is 13.8. The van der Waals surface area contributed by atoms with Crippen LogP contribution in [0, 0.1) is 16.2 Å². The maximum Gasteiger partial charge on any atom is 0.322 e. The molecule has 3 N–H and O–H groups in total. The highest BCUT2D eigenvalue weighted by molar-refractivity contribution is 5.99. The Morgan fingerprint density at radius 2 is 1.48 bits per heavy atom. The van der Waals surface area contributed by atoms with Crippen LogP contribution in [-0.2, 0) is 20.8 Å². The van der Waals surface area contributed by atoms with Gasteiger partial charge in [-0.15, -0.1) is 0 Å². The highest BCUT2D eigenvalue weighted by Gasteiger charge is 2.77. The Balaban J connectivity index is 1.96. The minimum atomic E-state index is -1.08. The van der Waals surface area contributed by atoms with E-state index in [1.165, 1.54) is 0 Å². The Bertz CT molecular complexity index is 691. The molecule has 6 heteroatoms. The van der Waals surface area contributed by atoms with Crippen LogP contribution in [0.5, 0.6) is 0 Å². The predicted octanol–water partition coefficient (Wildman–Crippen LogP) is 2.44. The van der Waals surface area contributed by atoms with Crippen molar-refractivity contribution in [3.8, 4) is 0 Å². The van der Waals surface area contributed by atoms with Crippen LogP contribution in [0.1, 0.15) is 40.2 Å². The van der Waals surface area contributed by atoms with E-state index in [2.05, 4.69) is 38.3 Å². The first kappa shape index (κ1) is 19.0. The Hall–Kier alpha value is -2.37. The van der Waals surface area contributed by atoms with Crippen molar-refractivity contribution in [3.05, 3.63) is 29.8 Å². The number of benzene rings is 1. The van der Waals surface area contributed by atoms with Gasteiger partial charge in [0.2, 0.25) is 11.8 Å². The number of carboxylic acids is 1. The Kier molecular flexibility index (Phi) is 4.68. The third kappa shape index (κ3) is 3.13. The van der Waals surface area contributed by atoms with Crippen LogP contribution in [0.3, 0.4) is 0 Å². The number of anilines is 1. The number of carboxylic acid groups (broad SMARTS) is 1. The first-order chi connectivity index (χ1) is 11.4. The van der Waals surface area contributed by atoms with Gasteiger partial charge < -0.3 is 15.7 Å². The van der Waals surface area contributed by atoms with Crippen molar-refractivity contribution in [3.63, 3.8) is 0 Å². The minimum absolute atomic E-state index is 0.00514. The van der Waals surface area contributed by atoms with Crippen LogP contribution in [0.4, 0.5) is 5.69 Å². The molecular weight excluding hydrogens is 320 g/mol. The molecule has 0 aliphatic heterocycles. The smallest absolute Gasteiger partial charge is 0.322 e. The van der Waals surface area contributed by atoms with Crippen molar-refractivity contribution in [2.24, 2.45) is 16.2 Å². The van der Waals surface area contributed by atoms with Crippen molar-refractivity contribution in [1.82, 2.24) is 5.32 Å². The Labute approximate surface area is 148 Å². The van der Waals surface area contributed by atoms with Crippen molar-refractivity contribution in [2.45, 2.75) is 41.0 Å². The zero-order chi connectivity index (χ0) is 19.0. The first-order valence-corrected chi connectivity index (χ1v) is 8.32. The molecule has 1 aliphatic carbocycles. The van der Waals surface area contributed by atoms with Gasteiger partial charge in [-0.25, -0.2) is 0 Å². The summed E-state index contributed by atoms with van der Waals surface area (Å²) in [5.74, 6) is -1.44. The lowest BCUT2D eigenvalue weighted by atomic mass is 9.96. The van der Waals surface area contributed by atoms with Gasteiger partial charge in [-0.05, 0) is 35.4 Å². The fraction of sp³-hybridized carbons (Fsp3) is 0.526. The van der Waals surface area contributed by atoms with Gasteiger partial charge in [0.1, 0.15) is 6.54 Å². The van der Waals surface area contributed by atoms with Crippen LogP contribution < -0.4 is 10.6 Å². The maximum atomic E-state index is 12.7. The average Bonchev–Trinajstić information content (AvgIpc) is 2.85. The fourth-order valence-electron chi connectivity index (χ4n) is 3.55. The highest BCUT2D eigenvalue weighted by atomic mass is 16.4. The van der Waals surface area contributed by atoms with Crippen LogP contribution in [-0.4, -0.2) is 29.4 Å². The molecule has 6 nitrogen and oxygen atoms in total. The first-order valence-electron chi connectivity index (χ1n) is 8.32. The summed E-state index contributed by atoms with van der Waals surface area (Å²) in [6.45, 7) is 10.0. The number of rotatable bonds is 6. The molecule has 0 radical (unpaired) electrons. The number of carbonyl (C=O) groups excluding carboxylic acids is 2. The van der Waals surface area contributed by atoms with E-state index in [1.807, 2.05) is 6.92 Å². The molecule has 0 heterocycles. The van der Waals surface area contributed by atoms with Gasteiger partial charge in [0.25, 0.3) is 0 Å². The Morgan fingerprint density at radius 3 is 1.92 bits per heavy atom. The van der Waals surface area contributed by atoms with E-state index in [0.29, 0.717) is 5.69 Å². The van der Waals surface area contributed by atoms with E-state index >= 15 is 0 Å². The molecule has 1 aliphatic rings. The molecule has 25 heavy (non-hydrogen) atoms. The largest absolute Gasteiger partial charge is 0.480 e. The van der Waals surface area contributed by atoms with Crippen LogP contribution in [0.25, 0.3) is 0 Å². The number of carbonyl (C=O) groups is 3. The number of aliphatic carboxylic acids is 1. The molecule has 1 saturated carbocycles. The van der Waals surface area contributed by atoms with Crippen LogP contribution >= 0.6 is 0 Å². The minimum Gasteiger partial charge on any atom is -0.480 e. The van der Waals surface area contributed by atoms with Gasteiger partial charge in [0, 0.05) is 5.69 Å². The number of nitrogens with one attached hydrogen (secondary N) is 2. The molecule has 1 fully saturated rings. The van der Waals surface area contributed by atoms with Crippen molar-refractivity contribution in [2.75, 3.05) is 11.9 Å². The molecule has 0 saturated heterocycles. The molecule has 0 unspecified atom stereocenters. The molecule has 1 aromatic carbocycles. The van der Waals surface area contributed by atoms with Gasteiger partial charge >= 0.3 is 5.97 Å². The summed E-state index contributed by atoms with van der Waals surface area (Å²) >= 11 is 0. The van der Waals surface area contributed by atoms with Gasteiger partial charge in [-0.1, -0.05) is 39.8 Å². The van der Waals surface area contributed by atoms with Crippen molar-refractivity contribution >= 4 is 23.5 Å². The van der Waals surface area contributed by atoms with E-state index in [-0.39, 0.29) is 29.1 Å². The SMILES string of the molecule is CC1(C)C(C)(C)C1(C)C(=O)Nc1ccc(CC(=O)NCC(=O)O)cc1. The summed E-state index contributed by atoms with van der Waals surface area (Å²) in [6.07, 6.45) is 0.0965. The molecule has 0 bridgehead atoms. The zero-order valence-electron chi connectivity index (χ0n) is 15.4. The molecule has 0 aromatic heterocycles. The summed E-state index contributed by atoms with van der Waals surface area (Å²) in [6, 6.07) is 7.01. The quantitative estimate of drug-likeness (QED) is 0.737. The van der Waals surface area contributed by atoms with Gasteiger partial charge in [-0.2, -0.15) is 0 Å². The number of hydrogen-bond acceptors (Lipinski definition) is 3. The molecule has 1 aromatic rings. The average molecular weight is 346 g/mol. The fourth-order valence-corrected chi connectivity index (χ4v) is 3.55. The summed E-state index contributed by atoms with van der Waals surface area (Å²) in [7, 11) is 0. The number of amides is 2. The summed E-state index contributed by atoms with van der Waals surface area (Å²) in [5.41, 5.74) is 0.840. The van der Waals surface area contributed by atoms with Crippen molar-refractivity contribution < 1.29 is 19.5 Å². The van der Waals surface area contributed by atoms with Gasteiger partial charge in [0.05, 0.1) is 11.8 Å². The lowest BCUT2D eigenvalue weighted by molar-refractivity contribution is -0.137. The molecule has 0 atom stereocenters. The lowest BCUT2D eigenvalue weighted by Crippen LogP contribution is -2.30. The van der Waals surface area contributed by atoms with E-state index in [4.69, 9.17) is 5.11 Å². The Morgan fingerprint density at radius 1 is 0.960 bits per heavy atom. The van der Waals surface area contributed by atoms with Gasteiger partial charge in [-0.3, -0.25) is 14.4 Å². The predicted molar refractivity (Wildman–Crippen MR) is 95.1 cm³/mol. The molecule has 2 amide bonds. The molecule has 2 rings (SSSR count).